The topological polar surface area (TPSA) is 83.6 Å². The van der Waals surface area contributed by atoms with Crippen molar-refractivity contribution < 1.29 is 16.8 Å². The number of hydrogen-bond donors (Lipinski definition) is 1. The minimum absolute atomic E-state index is 0.0314. The maximum absolute atomic E-state index is 11.8. The third kappa shape index (κ3) is 5.10. The van der Waals surface area contributed by atoms with Crippen LogP contribution in [-0.4, -0.2) is 41.9 Å². The Hall–Kier alpha value is -1.12. The van der Waals surface area contributed by atoms with Gasteiger partial charge >= 0.3 is 0 Å². The van der Waals surface area contributed by atoms with Gasteiger partial charge in [0.15, 0.2) is 0 Å². The van der Waals surface area contributed by atoms with E-state index in [0.717, 1.165) is 11.8 Å². The average molecular weight is 320 g/mol. The first-order chi connectivity index (χ1) is 9.15. The van der Waals surface area contributed by atoms with E-state index >= 15 is 0 Å². The zero-order valence-corrected chi connectivity index (χ0v) is 13.5. The van der Waals surface area contributed by atoms with Crippen LogP contribution in [0, 0.1) is 6.92 Å². The van der Waals surface area contributed by atoms with E-state index < -0.39 is 20.0 Å². The second-order valence-corrected chi connectivity index (χ2v) is 8.47. The molecule has 0 amide bonds. The van der Waals surface area contributed by atoms with Gasteiger partial charge in [-0.25, -0.2) is 21.6 Å². The van der Waals surface area contributed by atoms with Gasteiger partial charge in [0.05, 0.1) is 17.7 Å². The molecule has 1 rings (SSSR count). The predicted molar refractivity (Wildman–Crippen MR) is 80.8 cm³/mol. The molecule has 6 nitrogen and oxygen atoms in total. The van der Waals surface area contributed by atoms with Crippen LogP contribution in [0.25, 0.3) is 0 Å². The number of anilines is 1. The zero-order valence-electron chi connectivity index (χ0n) is 11.8. The molecule has 0 aliphatic rings. The molecule has 1 N–H and O–H groups in total. The van der Waals surface area contributed by atoms with E-state index in [1.807, 2.05) is 13.0 Å². The molecule has 0 heterocycles. The Balaban J connectivity index is 2.88. The number of sulfonamides is 2. The first-order valence-corrected chi connectivity index (χ1v) is 9.67. The highest BCUT2D eigenvalue weighted by Crippen LogP contribution is 2.18. The summed E-state index contributed by atoms with van der Waals surface area (Å²) in [7, 11) is -6.78. The lowest BCUT2D eigenvalue weighted by atomic mass is 10.2. The maximum atomic E-state index is 11.8. The Morgan fingerprint density at radius 1 is 1.20 bits per heavy atom. The summed E-state index contributed by atoms with van der Waals surface area (Å²) in [4.78, 5) is 0. The van der Waals surface area contributed by atoms with Crippen molar-refractivity contribution in [2.24, 2.45) is 0 Å². The quantitative estimate of drug-likeness (QED) is 0.801. The number of hydrogen-bond acceptors (Lipinski definition) is 4. The van der Waals surface area contributed by atoms with Gasteiger partial charge in [0.1, 0.15) is 0 Å². The van der Waals surface area contributed by atoms with Crippen LogP contribution in [0.3, 0.4) is 0 Å². The highest BCUT2D eigenvalue weighted by atomic mass is 32.2. The Morgan fingerprint density at radius 3 is 2.35 bits per heavy atom. The molecule has 0 atom stereocenters. The Morgan fingerprint density at radius 2 is 1.85 bits per heavy atom. The van der Waals surface area contributed by atoms with Gasteiger partial charge < -0.3 is 0 Å². The lowest BCUT2D eigenvalue weighted by molar-refractivity contribution is 0.579. The molecule has 0 aromatic heterocycles. The molecule has 1 aromatic rings. The molecular formula is C12H20N2O4S2. The maximum Gasteiger partial charge on any atom is 0.232 e. The zero-order chi connectivity index (χ0) is 15.4. The average Bonchev–Trinajstić information content (AvgIpc) is 2.33. The third-order valence-electron chi connectivity index (χ3n) is 2.71. The van der Waals surface area contributed by atoms with Crippen molar-refractivity contribution in [2.75, 3.05) is 29.4 Å². The molecule has 0 saturated heterocycles. The van der Waals surface area contributed by atoms with E-state index in [1.54, 1.807) is 18.2 Å². The minimum Gasteiger partial charge on any atom is -0.269 e. The van der Waals surface area contributed by atoms with Crippen LogP contribution in [-0.2, 0) is 20.0 Å². The summed E-state index contributed by atoms with van der Waals surface area (Å²) in [6.45, 7) is 3.49. The largest absolute Gasteiger partial charge is 0.269 e. The Bertz CT molecular complexity index is 654. The molecular weight excluding hydrogens is 300 g/mol. The Kier molecular flexibility index (Phi) is 5.55. The molecule has 0 aliphatic carbocycles. The van der Waals surface area contributed by atoms with Crippen molar-refractivity contribution in [3.8, 4) is 0 Å². The lowest BCUT2D eigenvalue weighted by Gasteiger charge is -2.22. The molecule has 1 aromatic carbocycles. The second-order valence-electron chi connectivity index (χ2n) is 4.47. The standard InChI is InChI=1S/C12H20N2O4S2/c1-4-20(17,18)13-8-9-14(19(3,15)16)12-7-5-6-11(2)10-12/h5-7,10,13H,4,8-9H2,1-3H3. The van der Waals surface area contributed by atoms with Crippen LogP contribution in [0.2, 0.25) is 0 Å². The van der Waals surface area contributed by atoms with Gasteiger partial charge in [-0.15, -0.1) is 0 Å². The minimum atomic E-state index is -3.46. The molecule has 0 radical (unpaired) electrons. The fourth-order valence-electron chi connectivity index (χ4n) is 1.67. The van der Waals surface area contributed by atoms with Crippen LogP contribution in [0.15, 0.2) is 24.3 Å². The van der Waals surface area contributed by atoms with Gasteiger partial charge in [-0.05, 0) is 31.5 Å². The van der Waals surface area contributed by atoms with Gasteiger partial charge in [0.2, 0.25) is 20.0 Å². The van der Waals surface area contributed by atoms with E-state index in [9.17, 15) is 16.8 Å². The highest BCUT2D eigenvalue weighted by Gasteiger charge is 2.18. The Labute approximate surface area is 120 Å². The summed E-state index contributed by atoms with van der Waals surface area (Å²) in [6.07, 6.45) is 1.10. The number of benzene rings is 1. The monoisotopic (exact) mass is 320 g/mol. The van der Waals surface area contributed by atoms with Crippen molar-refractivity contribution in [1.29, 1.82) is 0 Å². The van der Waals surface area contributed by atoms with Gasteiger partial charge in [-0.1, -0.05) is 12.1 Å². The smallest absolute Gasteiger partial charge is 0.232 e. The predicted octanol–water partition coefficient (Wildman–Crippen LogP) is 0.700. The SMILES string of the molecule is CCS(=O)(=O)NCCN(c1cccc(C)c1)S(C)(=O)=O. The van der Waals surface area contributed by atoms with Crippen molar-refractivity contribution in [2.45, 2.75) is 13.8 Å². The molecule has 0 fully saturated rings. The van der Waals surface area contributed by atoms with Crippen molar-refractivity contribution in [1.82, 2.24) is 4.72 Å². The molecule has 0 aliphatic heterocycles. The van der Waals surface area contributed by atoms with Crippen LogP contribution in [0.5, 0.6) is 0 Å². The fraction of sp³-hybridized carbons (Fsp3) is 0.500. The molecule has 8 heteroatoms. The van der Waals surface area contributed by atoms with Gasteiger partial charge in [-0.2, -0.15) is 0 Å². The number of nitrogens with zero attached hydrogens (tertiary/aromatic N) is 1. The van der Waals surface area contributed by atoms with Gasteiger partial charge in [0.25, 0.3) is 0 Å². The van der Waals surface area contributed by atoms with Crippen molar-refractivity contribution >= 4 is 25.7 Å². The highest BCUT2D eigenvalue weighted by molar-refractivity contribution is 7.92. The van der Waals surface area contributed by atoms with Crippen molar-refractivity contribution in [3.05, 3.63) is 29.8 Å². The summed E-state index contributed by atoms with van der Waals surface area (Å²) in [6, 6.07) is 7.06. The molecule has 20 heavy (non-hydrogen) atoms. The first-order valence-electron chi connectivity index (χ1n) is 6.17. The van der Waals surface area contributed by atoms with E-state index in [2.05, 4.69) is 4.72 Å². The normalized spacial score (nSPS) is 12.3. The summed E-state index contributed by atoms with van der Waals surface area (Å²) < 4.78 is 49.9. The van der Waals surface area contributed by atoms with Crippen LogP contribution in [0.1, 0.15) is 12.5 Å². The summed E-state index contributed by atoms with van der Waals surface area (Å²) >= 11 is 0. The lowest BCUT2D eigenvalue weighted by Crippen LogP contribution is -2.38. The van der Waals surface area contributed by atoms with E-state index in [4.69, 9.17) is 0 Å². The molecule has 114 valence electrons. The van der Waals surface area contributed by atoms with E-state index in [1.165, 1.54) is 11.2 Å². The first kappa shape index (κ1) is 16.9. The van der Waals surface area contributed by atoms with Crippen LogP contribution in [0.4, 0.5) is 5.69 Å². The van der Waals surface area contributed by atoms with Crippen LogP contribution >= 0.6 is 0 Å². The van der Waals surface area contributed by atoms with Gasteiger partial charge in [0, 0.05) is 13.1 Å². The molecule has 0 unspecified atom stereocenters. The summed E-state index contributed by atoms with van der Waals surface area (Å²) in [5, 5.41) is 0. The second kappa shape index (κ2) is 6.55. The number of nitrogens with one attached hydrogen (secondary N) is 1. The molecule has 0 bridgehead atoms. The fourth-order valence-corrected chi connectivity index (χ4v) is 3.20. The molecule has 0 spiro atoms. The summed E-state index contributed by atoms with van der Waals surface area (Å²) in [5.74, 6) is -0.0314. The number of aryl methyl sites for hydroxylation is 1. The molecule has 0 saturated carbocycles. The van der Waals surface area contributed by atoms with Gasteiger partial charge in [-0.3, -0.25) is 4.31 Å². The van der Waals surface area contributed by atoms with Crippen molar-refractivity contribution in [3.63, 3.8) is 0 Å². The summed E-state index contributed by atoms with van der Waals surface area (Å²) in [5.41, 5.74) is 1.47. The third-order valence-corrected chi connectivity index (χ3v) is 5.30. The van der Waals surface area contributed by atoms with E-state index in [-0.39, 0.29) is 18.8 Å². The van der Waals surface area contributed by atoms with Crippen LogP contribution < -0.4 is 9.03 Å². The van der Waals surface area contributed by atoms with E-state index in [0.29, 0.717) is 5.69 Å². The number of rotatable bonds is 7.